The van der Waals surface area contributed by atoms with Crippen molar-refractivity contribution in [3.8, 4) is 5.75 Å². The van der Waals surface area contributed by atoms with Gasteiger partial charge in [0.25, 0.3) is 0 Å². The number of benzene rings is 1. The van der Waals surface area contributed by atoms with E-state index in [0.29, 0.717) is 0 Å². The summed E-state index contributed by atoms with van der Waals surface area (Å²) in [5.41, 5.74) is 2.85. The van der Waals surface area contributed by atoms with Gasteiger partial charge in [0, 0.05) is 30.3 Å². The number of ether oxygens (including phenoxy) is 1. The summed E-state index contributed by atoms with van der Waals surface area (Å²) in [4.78, 5) is 19.7. The number of Topliss-reactive ketones (excluding diaryl/α,β-unsaturated/α-hetero) is 1. The molecular weight excluding hydrogens is 300 g/mol. The molecule has 0 spiro atoms. The molecule has 4 heteroatoms. The van der Waals surface area contributed by atoms with Crippen molar-refractivity contribution in [3.63, 3.8) is 0 Å². The number of rotatable bonds is 5. The molecule has 24 heavy (non-hydrogen) atoms. The van der Waals surface area contributed by atoms with Gasteiger partial charge in [0.05, 0.1) is 12.8 Å². The van der Waals surface area contributed by atoms with Crippen molar-refractivity contribution in [2.75, 3.05) is 20.2 Å². The Morgan fingerprint density at radius 1 is 1.29 bits per heavy atom. The van der Waals surface area contributed by atoms with E-state index in [4.69, 9.17) is 4.74 Å². The molecule has 2 aromatic rings. The van der Waals surface area contributed by atoms with E-state index in [1.165, 1.54) is 0 Å². The third-order valence-corrected chi connectivity index (χ3v) is 4.56. The number of aromatic nitrogens is 1. The standard InChI is InChI=1S/C20H24N2O2/c1-15-6-3-9-18(21-15)14-22-11-5-8-17(13-22)20(23)16-7-4-10-19(12-16)24-2/h3-4,6-7,9-10,12,17H,5,8,11,13-14H2,1-2H3/t17-/m0/s1. The SMILES string of the molecule is COc1cccc(C(=O)[C@H]2CCCN(Cc3cccc(C)n3)C2)c1. The van der Waals surface area contributed by atoms with Gasteiger partial charge in [-0.05, 0) is 50.6 Å². The second-order valence-corrected chi connectivity index (χ2v) is 6.44. The summed E-state index contributed by atoms with van der Waals surface area (Å²) in [7, 11) is 1.63. The van der Waals surface area contributed by atoms with E-state index in [0.717, 1.165) is 55.2 Å². The molecule has 126 valence electrons. The van der Waals surface area contributed by atoms with Crippen molar-refractivity contribution in [2.24, 2.45) is 5.92 Å². The van der Waals surface area contributed by atoms with Crippen molar-refractivity contribution in [1.82, 2.24) is 9.88 Å². The number of piperidine rings is 1. The lowest BCUT2D eigenvalue weighted by Gasteiger charge is -2.31. The third kappa shape index (κ3) is 4.01. The minimum absolute atomic E-state index is 0.0515. The van der Waals surface area contributed by atoms with E-state index in [9.17, 15) is 4.79 Å². The topological polar surface area (TPSA) is 42.4 Å². The molecule has 1 fully saturated rings. The largest absolute Gasteiger partial charge is 0.497 e. The van der Waals surface area contributed by atoms with Crippen LogP contribution in [-0.2, 0) is 6.54 Å². The van der Waals surface area contributed by atoms with E-state index < -0.39 is 0 Å². The summed E-state index contributed by atoms with van der Waals surface area (Å²) in [6, 6.07) is 13.6. The maximum atomic E-state index is 12.8. The molecule has 0 bridgehead atoms. The maximum absolute atomic E-state index is 12.8. The minimum atomic E-state index is 0.0515. The number of hydrogen-bond acceptors (Lipinski definition) is 4. The molecule has 0 N–H and O–H groups in total. The first-order valence-corrected chi connectivity index (χ1v) is 8.49. The van der Waals surface area contributed by atoms with E-state index in [-0.39, 0.29) is 11.7 Å². The predicted octanol–water partition coefficient (Wildman–Crippen LogP) is 3.49. The summed E-state index contributed by atoms with van der Waals surface area (Å²) in [6.07, 6.45) is 2.00. The molecule has 3 rings (SSSR count). The van der Waals surface area contributed by atoms with Gasteiger partial charge in [-0.1, -0.05) is 18.2 Å². The van der Waals surface area contributed by atoms with Gasteiger partial charge in [-0.3, -0.25) is 14.7 Å². The summed E-state index contributed by atoms with van der Waals surface area (Å²) in [6.45, 7) is 4.64. The molecule has 1 aromatic carbocycles. The van der Waals surface area contributed by atoms with E-state index in [1.54, 1.807) is 7.11 Å². The van der Waals surface area contributed by atoms with Gasteiger partial charge in [-0.15, -0.1) is 0 Å². The molecule has 0 amide bonds. The van der Waals surface area contributed by atoms with Gasteiger partial charge < -0.3 is 4.74 Å². The molecular formula is C20H24N2O2. The summed E-state index contributed by atoms with van der Waals surface area (Å²) < 4.78 is 5.23. The second kappa shape index (κ2) is 7.58. The number of nitrogens with zero attached hydrogens (tertiary/aromatic N) is 2. The van der Waals surface area contributed by atoms with E-state index in [2.05, 4.69) is 16.0 Å². The average Bonchev–Trinajstić information content (AvgIpc) is 2.61. The quantitative estimate of drug-likeness (QED) is 0.790. The molecule has 0 aliphatic carbocycles. The lowest BCUT2D eigenvalue weighted by atomic mass is 9.90. The first-order chi connectivity index (χ1) is 11.7. The van der Waals surface area contributed by atoms with Crippen LogP contribution in [0.4, 0.5) is 0 Å². The molecule has 1 aromatic heterocycles. The zero-order chi connectivity index (χ0) is 16.9. The van der Waals surface area contributed by atoms with Crippen LogP contribution < -0.4 is 4.74 Å². The fourth-order valence-corrected chi connectivity index (χ4v) is 3.34. The van der Waals surface area contributed by atoms with Gasteiger partial charge >= 0.3 is 0 Å². The monoisotopic (exact) mass is 324 g/mol. The van der Waals surface area contributed by atoms with Crippen LogP contribution in [0.25, 0.3) is 0 Å². The lowest BCUT2D eigenvalue weighted by molar-refractivity contribution is 0.0809. The molecule has 1 saturated heterocycles. The molecule has 2 heterocycles. The van der Waals surface area contributed by atoms with Crippen molar-refractivity contribution in [1.29, 1.82) is 0 Å². The van der Waals surface area contributed by atoms with Gasteiger partial charge in [-0.25, -0.2) is 0 Å². The second-order valence-electron chi connectivity index (χ2n) is 6.44. The predicted molar refractivity (Wildman–Crippen MR) is 94.3 cm³/mol. The van der Waals surface area contributed by atoms with Crippen LogP contribution >= 0.6 is 0 Å². The Morgan fingerprint density at radius 2 is 2.12 bits per heavy atom. The molecule has 4 nitrogen and oxygen atoms in total. The minimum Gasteiger partial charge on any atom is -0.497 e. The van der Waals surface area contributed by atoms with Crippen LogP contribution in [0.5, 0.6) is 5.75 Å². The number of ketones is 1. The number of aryl methyl sites for hydroxylation is 1. The number of carbonyl (C=O) groups is 1. The van der Waals surface area contributed by atoms with Crippen LogP contribution in [-0.4, -0.2) is 35.9 Å². The highest BCUT2D eigenvalue weighted by molar-refractivity contribution is 5.98. The van der Waals surface area contributed by atoms with Gasteiger partial charge in [-0.2, -0.15) is 0 Å². The third-order valence-electron chi connectivity index (χ3n) is 4.56. The Kier molecular flexibility index (Phi) is 5.26. The summed E-state index contributed by atoms with van der Waals surface area (Å²) in [5, 5.41) is 0. The smallest absolute Gasteiger partial charge is 0.167 e. The maximum Gasteiger partial charge on any atom is 0.167 e. The molecule has 0 saturated carbocycles. The molecule has 1 aliphatic rings. The zero-order valence-corrected chi connectivity index (χ0v) is 14.4. The number of pyridine rings is 1. The normalized spacial score (nSPS) is 18.3. The number of hydrogen-bond donors (Lipinski definition) is 0. The summed E-state index contributed by atoms with van der Waals surface area (Å²) >= 11 is 0. The number of methoxy groups -OCH3 is 1. The molecule has 0 radical (unpaired) electrons. The summed E-state index contributed by atoms with van der Waals surface area (Å²) in [5.74, 6) is 1.00. The Labute approximate surface area is 143 Å². The van der Waals surface area contributed by atoms with Crippen LogP contribution in [0, 0.1) is 12.8 Å². The molecule has 1 aliphatic heterocycles. The van der Waals surface area contributed by atoms with Crippen molar-refractivity contribution in [3.05, 3.63) is 59.4 Å². The highest BCUT2D eigenvalue weighted by atomic mass is 16.5. The van der Waals surface area contributed by atoms with Crippen LogP contribution in [0.1, 0.15) is 34.6 Å². The van der Waals surface area contributed by atoms with E-state index in [1.807, 2.05) is 43.3 Å². The van der Waals surface area contributed by atoms with E-state index >= 15 is 0 Å². The van der Waals surface area contributed by atoms with Crippen molar-refractivity contribution < 1.29 is 9.53 Å². The van der Waals surface area contributed by atoms with Crippen LogP contribution in [0.2, 0.25) is 0 Å². The first-order valence-electron chi connectivity index (χ1n) is 8.49. The Hall–Kier alpha value is -2.20. The Bertz CT molecular complexity index is 714. The molecule has 1 atom stereocenters. The Morgan fingerprint density at radius 3 is 2.92 bits per heavy atom. The average molecular weight is 324 g/mol. The highest BCUT2D eigenvalue weighted by Gasteiger charge is 2.27. The fourth-order valence-electron chi connectivity index (χ4n) is 3.34. The van der Waals surface area contributed by atoms with Gasteiger partial charge in [0.15, 0.2) is 5.78 Å². The Balaban J connectivity index is 1.67. The van der Waals surface area contributed by atoms with Crippen LogP contribution in [0.15, 0.2) is 42.5 Å². The van der Waals surface area contributed by atoms with Crippen molar-refractivity contribution >= 4 is 5.78 Å². The molecule has 0 unspecified atom stereocenters. The first kappa shape index (κ1) is 16.7. The van der Waals surface area contributed by atoms with Crippen LogP contribution in [0.3, 0.4) is 0 Å². The van der Waals surface area contributed by atoms with Gasteiger partial charge in [0.1, 0.15) is 5.75 Å². The lowest BCUT2D eigenvalue weighted by Crippen LogP contribution is -2.38. The number of carbonyl (C=O) groups excluding carboxylic acids is 1. The van der Waals surface area contributed by atoms with Crippen molar-refractivity contribution in [2.45, 2.75) is 26.3 Å². The van der Waals surface area contributed by atoms with Gasteiger partial charge in [0.2, 0.25) is 0 Å². The zero-order valence-electron chi connectivity index (χ0n) is 14.4. The number of likely N-dealkylation sites (tertiary alicyclic amines) is 1. The fraction of sp³-hybridized carbons (Fsp3) is 0.400. The highest BCUT2D eigenvalue weighted by Crippen LogP contribution is 2.24.